The Kier molecular flexibility index (Phi) is 8.95. The summed E-state index contributed by atoms with van der Waals surface area (Å²) in [5.74, 6) is -1.95. The molecule has 0 spiro atoms. The first-order valence-corrected chi connectivity index (χ1v) is 9.52. The number of halogens is 3. The van der Waals surface area contributed by atoms with Crippen molar-refractivity contribution in [2.75, 3.05) is 20.8 Å². The van der Waals surface area contributed by atoms with Crippen LogP contribution in [0.15, 0.2) is 24.3 Å². The highest BCUT2D eigenvalue weighted by atomic mass is 32.2. The van der Waals surface area contributed by atoms with E-state index in [1.807, 2.05) is 0 Å². The van der Waals surface area contributed by atoms with Crippen LogP contribution in [0.2, 0.25) is 0 Å². The van der Waals surface area contributed by atoms with Crippen LogP contribution in [-0.2, 0) is 29.2 Å². The molecule has 1 aromatic rings. The summed E-state index contributed by atoms with van der Waals surface area (Å²) in [6, 6.07) is 3.55. The Bertz CT molecular complexity index is 847. The third kappa shape index (κ3) is 7.64. The Labute approximate surface area is 165 Å². The van der Waals surface area contributed by atoms with Crippen LogP contribution in [0, 0.1) is 0 Å². The number of hydrogen-bond acceptors (Lipinski definition) is 8. The number of ether oxygens (including phenoxy) is 3. The molecular weight excluding hydrogens is 421 g/mol. The predicted molar refractivity (Wildman–Crippen MR) is 94.5 cm³/mol. The van der Waals surface area contributed by atoms with Gasteiger partial charge in [-0.05, 0) is 31.1 Å². The molecule has 0 aromatic heterocycles. The fourth-order valence-corrected chi connectivity index (χ4v) is 2.40. The fourth-order valence-electron chi connectivity index (χ4n) is 1.93. The van der Waals surface area contributed by atoms with Gasteiger partial charge in [0.15, 0.2) is 5.75 Å². The van der Waals surface area contributed by atoms with Crippen molar-refractivity contribution in [3.63, 3.8) is 0 Å². The lowest BCUT2D eigenvalue weighted by Crippen LogP contribution is -2.28. The highest BCUT2D eigenvalue weighted by Crippen LogP contribution is 2.34. The summed E-state index contributed by atoms with van der Waals surface area (Å²) >= 11 is 0. The average molecular weight is 440 g/mol. The predicted octanol–water partition coefficient (Wildman–Crippen LogP) is 2.82. The summed E-state index contributed by atoms with van der Waals surface area (Å²) in [4.78, 5) is 22.4. The summed E-state index contributed by atoms with van der Waals surface area (Å²) in [5.41, 5.74) is -5.85. The third-order valence-corrected chi connectivity index (χ3v) is 4.32. The molecular formula is C17H19F3O8S. The Balaban J connectivity index is 3.07. The summed E-state index contributed by atoms with van der Waals surface area (Å²) < 4.78 is 79.1. The van der Waals surface area contributed by atoms with E-state index in [0.717, 1.165) is 25.3 Å². The van der Waals surface area contributed by atoms with Gasteiger partial charge in [-0.1, -0.05) is 6.07 Å². The number of alkyl halides is 3. The van der Waals surface area contributed by atoms with Crippen LogP contribution in [0.5, 0.6) is 11.5 Å². The van der Waals surface area contributed by atoms with Crippen molar-refractivity contribution in [2.45, 2.75) is 24.8 Å². The highest BCUT2D eigenvalue weighted by molar-refractivity contribution is 7.88. The van der Waals surface area contributed by atoms with Gasteiger partial charge in [-0.25, -0.2) is 4.79 Å². The van der Waals surface area contributed by atoms with Crippen molar-refractivity contribution < 1.29 is 49.6 Å². The molecule has 0 aliphatic heterocycles. The van der Waals surface area contributed by atoms with E-state index in [9.17, 15) is 31.2 Å². The number of carbonyl (C=O) groups is 2. The van der Waals surface area contributed by atoms with E-state index in [0.29, 0.717) is 12.8 Å². The van der Waals surface area contributed by atoms with Crippen molar-refractivity contribution in [1.82, 2.24) is 0 Å². The standard InChI is InChI=1S/C17H19F3O8S/c1-25-15(21)8-3-4-11-27-13-6-5-7-14(12(13)9-10-16(22)26-2)28-29(23,24)17(18,19)20/h5-7,9-10H,3-4,8,11H2,1-2H3. The van der Waals surface area contributed by atoms with Gasteiger partial charge in [0.1, 0.15) is 5.75 Å². The first-order valence-electron chi connectivity index (χ1n) is 8.11. The van der Waals surface area contributed by atoms with Crippen LogP contribution in [0.4, 0.5) is 13.2 Å². The number of hydrogen-bond donors (Lipinski definition) is 0. The third-order valence-electron chi connectivity index (χ3n) is 3.36. The Morgan fingerprint density at radius 2 is 1.72 bits per heavy atom. The van der Waals surface area contributed by atoms with Crippen molar-refractivity contribution in [2.24, 2.45) is 0 Å². The molecule has 0 aliphatic carbocycles. The van der Waals surface area contributed by atoms with E-state index in [1.54, 1.807) is 0 Å². The maximum Gasteiger partial charge on any atom is 0.534 e. The SMILES string of the molecule is COC(=O)C=Cc1c(OCCCCC(=O)OC)cccc1OS(=O)(=O)C(F)(F)F. The maximum atomic E-state index is 12.6. The van der Waals surface area contributed by atoms with Gasteiger partial charge in [-0.3, -0.25) is 4.79 Å². The van der Waals surface area contributed by atoms with Gasteiger partial charge < -0.3 is 18.4 Å². The van der Waals surface area contributed by atoms with E-state index in [-0.39, 0.29) is 24.3 Å². The molecule has 12 heteroatoms. The lowest BCUT2D eigenvalue weighted by atomic mass is 10.1. The quantitative estimate of drug-likeness (QED) is 0.180. The van der Waals surface area contributed by atoms with Gasteiger partial charge in [0.2, 0.25) is 0 Å². The topological polar surface area (TPSA) is 105 Å². The molecule has 0 bridgehead atoms. The number of unbranched alkanes of at least 4 members (excludes halogenated alkanes) is 1. The minimum atomic E-state index is -5.93. The average Bonchev–Trinajstić information content (AvgIpc) is 2.65. The molecule has 0 saturated heterocycles. The van der Waals surface area contributed by atoms with Crippen LogP contribution in [-0.4, -0.2) is 46.7 Å². The molecule has 0 saturated carbocycles. The molecule has 0 fully saturated rings. The monoisotopic (exact) mass is 440 g/mol. The zero-order chi connectivity index (χ0) is 22.1. The largest absolute Gasteiger partial charge is 0.534 e. The minimum absolute atomic E-state index is 0.0295. The first kappa shape index (κ1) is 24.3. The first-order chi connectivity index (χ1) is 13.5. The van der Waals surface area contributed by atoms with Gasteiger partial charge in [0, 0.05) is 12.5 Å². The summed E-state index contributed by atoms with van der Waals surface area (Å²) in [6.07, 6.45) is 2.87. The number of carbonyl (C=O) groups excluding carboxylic acids is 2. The zero-order valence-corrected chi connectivity index (χ0v) is 16.3. The molecule has 0 aliphatic rings. The maximum absolute atomic E-state index is 12.6. The Morgan fingerprint density at radius 1 is 1.07 bits per heavy atom. The smallest absolute Gasteiger partial charge is 0.493 e. The lowest BCUT2D eigenvalue weighted by molar-refractivity contribution is -0.140. The van der Waals surface area contributed by atoms with Crippen LogP contribution >= 0.6 is 0 Å². The van der Waals surface area contributed by atoms with Crippen molar-refractivity contribution in [3.05, 3.63) is 29.8 Å². The Hall–Kier alpha value is -2.76. The lowest BCUT2D eigenvalue weighted by Gasteiger charge is -2.15. The second kappa shape index (κ2) is 10.7. The van der Waals surface area contributed by atoms with E-state index < -0.39 is 33.3 Å². The second-order valence-electron chi connectivity index (χ2n) is 5.39. The van der Waals surface area contributed by atoms with Crippen LogP contribution in [0.3, 0.4) is 0 Å². The molecule has 0 radical (unpaired) electrons. The number of rotatable bonds is 10. The van der Waals surface area contributed by atoms with E-state index >= 15 is 0 Å². The second-order valence-corrected chi connectivity index (χ2v) is 6.93. The van der Waals surface area contributed by atoms with Gasteiger partial charge >= 0.3 is 27.6 Å². The van der Waals surface area contributed by atoms with Gasteiger partial charge in [0.25, 0.3) is 0 Å². The van der Waals surface area contributed by atoms with Crippen LogP contribution < -0.4 is 8.92 Å². The van der Waals surface area contributed by atoms with Crippen molar-refractivity contribution in [1.29, 1.82) is 0 Å². The molecule has 0 amide bonds. The van der Waals surface area contributed by atoms with Gasteiger partial charge in [0.05, 0.1) is 26.4 Å². The summed E-state index contributed by atoms with van der Waals surface area (Å²) in [7, 11) is -3.60. The minimum Gasteiger partial charge on any atom is -0.493 e. The molecule has 29 heavy (non-hydrogen) atoms. The molecule has 162 valence electrons. The van der Waals surface area contributed by atoms with Crippen LogP contribution in [0.25, 0.3) is 6.08 Å². The molecule has 0 unspecified atom stereocenters. The van der Waals surface area contributed by atoms with E-state index in [1.165, 1.54) is 19.2 Å². The fraction of sp³-hybridized carbons (Fsp3) is 0.412. The molecule has 0 N–H and O–H groups in total. The zero-order valence-electron chi connectivity index (χ0n) is 15.5. The van der Waals surface area contributed by atoms with E-state index in [4.69, 9.17) is 4.74 Å². The summed E-state index contributed by atoms with van der Waals surface area (Å²) in [6.45, 7) is 0.0610. The molecule has 8 nitrogen and oxygen atoms in total. The number of esters is 2. The Morgan fingerprint density at radius 3 is 2.31 bits per heavy atom. The normalized spacial score (nSPS) is 11.9. The van der Waals surface area contributed by atoms with Crippen molar-refractivity contribution in [3.8, 4) is 11.5 Å². The molecule has 0 atom stereocenters. The number of benzene rings is 1. The van der Waals surface area contributed by atoms with Gasteiger partial charge in [-0.2, -0.15) is 21.6 Å². The van der Waals surface area contributed by atoms with Crippen molar-refractivity contribution >= 4 is 28.1 Å². The van der Waals surface area contributed by atoms with Crippen LogP contribution in [0.1, 0.15) is 24.8 Å². The molecule has 1 aromatic carbocycles. The molecule has 1 rings (SSSR count). The van der Waals surface area contributed by atoms with E-state index in [2.05, 4.69) is 13.7 Å². The van der Waals surface area contributed by atoms with Gasteiger partial charge in [-0.15, -0.1) is 0 Å². The molecule has 0 heterocycles. The summed E-state index contributed by atoms with van der Waals surface area (Å²) in [5, 5.41) is 0. The number of methoxy groups -OCH3 is 2. The highest BCUT2D eigenvalue weighted by Gasteiger charge is 2.48.